The van der Waals surface area contributed by atoms with Crippen molar-refractivity contribution < 1.29 is 0 Å². The molecule has 0 saturated heterocycles. The van der Waals surface area contributed by atoms with Crippen LogP contribution in [0.5, 0.6) is 0 Å². The molecule has 0 aliphatic carbocycles. The van der Waals surface area contributed by atoms with E-state index in [9.17, 15) is 0 Å². The molecule has 0 bridgehead atoms. The van der Waals surface area contributed by atoms with Crippen molar-refractivity contribution in [3.05, 3.63) is 0 Å². The van der Waals surface area contributed by atoms with Gasteiger partial charge in [-0.05, 0) is 5.41 Å². The Bertz CT molecular complexity index is 124. The Hall–Kier alpha value is -0.240. The van der Waals surface area contributed by atoms with Crippen LogP contribution in [0.3, 0.4) is 0 Å². The van der Waals surface area contributed by atoms with Gasteiger partial charge in [0.25, 0.3) is 0 Å². The fourth-order valence-electron chi connectivity index (χ4n) is 0.381. The van der Waals surface area contributed by atoms with E-state index in [1.54, 1.807) is 0 Å². The van der Waals surface area contributed by atoms with Crippen LogP contribution in [-0.2, 0) is 0 Å². The smallest absolute Gasteiger partial charge is 0.109 e. The molecule has 60 valence electrons. The van der Waals surface area contributed by atoms with Crippen LogP contribution in [0.25, 0.3) is 0 Å². The number of rotatable bonds is 2. The van der Waals surface area contributed by atoms with Gasteiger partial charge < -0.3 is 5.73 Å². The van der Waals surface area contributed by atoms with Gasteiger partial charge in [0, 0.05) is 6.54 Å². The van der Waals surface area contributed by atoms with Crippen molar-refractivity contribution in [3.63, 3.8) is 0 Å². The second-order valence-corrected chi connectivity index (χ2v) is 3.77. The normalized spacial score (nSPS) is 13.8. The first-order valence-electron chi connectivity index (χ1n) is 3.30. The number of aliphatic imine (C=N–C) groups is 1. The minimum absolute atomic E-state index is 0.205. The van der Waals surface area contributed by atoms with Crippen molar-refractivity contribution in [2.45, 2.75) is 20.8 Å². The predicted octanol–water partition coefficient (Wildman–Crippen LogP) is 1.63. The minimum Gasteiger partial charge on any atom is -0.386 e. The first kappa shape index (κ1) is 9.76. The average molecular weight is 163 g/mol. The monoisotopic (exact) mass is 162 g/mol. The van der Waals surface area contributed by atoms with Gasteiger partial charge in [0.2, 0.25) is 0 Å². The topological polar surface area (TPSA) is 38.4 Å². The minimum atomic E-state index is 0.205. The maximum Gasteiger partial charge on any atom is 0.109 e. The summed E-state index contributed by atoms with van der Waals surface area (Å²) in [6.45, 7) is 7.07. The molecule has 2 nitrogen and oxygen atoms in total. The molecular formula is C7H15ClN2. The highest BCUT2D eigenvalue weighted by molar-refractivity contribution is 6.27. The molecule has 0 rings (SSSR count). The van der Waals surface area contributed by atoms with Crippen molar-refractivity contribution in [3.8, 4) is 0 Å². The number of amidine groups is 1. The van der Waals surface area contributed by atoms with E-state index in [1.165, 1.54) is 0 Å². The Balaban J connectivity index is 3.73. The molecule has 0 spiro atoms. The molecule has 0 heterocycles. The van der Waals surface area contributed by atoms with Gasteiger partial charge in [0.15, 0.2) is 0 Å². The Morgan fingerprint density at radius 2 is 2.00 bits per heavy atom. The third kappa shape index (κ3) is 5.89. The van der Waals surface area contributed by atoms with Crippen LogP contribution >= 0.6 is 11.6 Å². The van der Waals surface area contributed by atoms with Crippen molar-refractivity contribution in [1.29, 1.82) is 0 Å². The standard InChI is InChI=1S/C7H15ClN2/c1-7(2,3)5-10-6(9)4-8/h4-5H2,1-3H3,(H2,9,10). The van der Waals surface area contributed by atoms with E-state index in [-0.39, 0.29) is 5.41 Å². The maximum atomic E-state index is 5.43. The lowest BCUT2D eigenvalue weighted by molar-refractivity contribution is 0.429. The Morgan fingerprint density at radius 1 is 1.50 bits per heavy atom. The summed E-state index contributed by atoms with van der Waals surface area (Å²) in [5.41, 5.74) is 5.60. The van der Waals surface area contributed by atoms with Crippen LogP contribution in [0.4, 0.5) is 0 Å². The van der Waals surface area contributed by atoms with Gasteiger partial charge in [-0.1, -0.05) is 20.8 Å². The van der Waals surface area contributed by atoms with Crippen molar-refractivity contribution in [2.75, 3.05) is 12.4 Å². The van der Waals surface area contributed by atoms with Crippen LogP contribution in [0.2, 0.25) is 0 Å². The molecule has 0 radical (unpaired) electrons. The number of nitrogens with zero attached hydrogens (tertiary/aromatic N) is 1. The van der Waals surface area contributed by atoms with E-state index in [0.717, 1.165) is 6.54 Å². The highest BCUT2D eigenvalue weighted by Crippen LogP contribution is 2.12. The number of nitrogens with two attached hydrogens (primary N) is 1. The zero-order valence-corrected chi connectivity index (χ0v) is 7.57. The van der Waals surface area contributed by atoms with Crippen LogP contribution in [0.15, 0.2) is 4.99 Å². The molecule has 0 saturated carbocycles. The summed E-state index contributed by atoms with van der Waals surface area (Å²) < 4.78 is 0. The number of hydrogen-bond donors (Lipinski definition) is 1. The van der Waals surface area contributed by atoms with Crippen LogP contribution in [0, 0.1) is 5.41 Å². The van der Waals surface area contributed by atoms with E-state index in [1.807, 2.05) is 0 Å². The third-order valence-electron chi connectivity index (χ3n) is 0.893. The number of hydrogen-bond acceptors (Lipinski definition) is 1. The zero-order valence-electron chi connectivity index (χ0n) is 6.82. The Morgan fingerprint density at radius 3 is 2.30 bits per heavy atom. The van der Waals surface area contributed by atoms with Gasteiger partial charge in [0.05, 0.1) is 5.88 Å². The fourth-order valence-corrected chi connectivity index (χ4v) is 0.465. The molecule has 10 heavy (non-hydrogen) atoms. The molecule has 0 aromatic heterocycles. The summed E-state index contributed by atoms with van der Waals surface area (Å²) in [6, 6.07) is 0. The van der Waals surface area contributed by atoms with Crippen LogP contribution in [0.1, 0.15) is 20.8 Å². The van der Waals surface area contributed by atoms with E-state index in [4.69, 9.17) is 17.3 Å². The number of halogens is 1. The first-order chi connectivity index (χ1) is 4.45. The summed E-state index contributed by atoms with van der Waals surface area (Å²) in [4.78, 5) is 4.08. The maximum absolute atomic E-state index is 5.43. The molecule has 0 aromatic rings. The summed E-state index contributed by atoms with van der Waals surface area (Å²) in [5.74, 6) is 0.854. The second-order valence-electron chi connectivity index (χ2n) is 3.50. The van der Waals surface area contributed by atoms with E-state index >= 15 is 0 Å². The zero-order chi connectivity index (χ0) is 8.20. The Kier molecular flexibility index (Phi) is 3.72. The molecule has 0 aliphatic rings. The quantitative estimate of drug-likeness (QED) is 0.374. The predicted molar refractivity (Wildman–Crippen MR) is 46.7 cm³/mol. The SMILES string of the molecule is CC(C)(C)CN=C(N)CCl. The van der Waals surface area contributed by atoms with E-state index < -0.39 is 0 Å². The summed E-state index contributed by atoms with van der Waals surface area (Å²) in [6.07, 6.45) is 0. The van der Waals surface area contributed by atoms with Gasteiger partial charge in [-0.25, -0.2) is 0 Å². The molecule has 2 N–H and O–H groups in total. The summed E-state index contributed by atoms with van der Waals surface area (Å²) >= 11 is 5.43. The van der Waals surface area contributed by atoms with Gasteiger partial charge in [-0.2, -0.15) is 0 Å². The van der Waals surface area contributed by atoms with Crippen LogP contribution < -0.4 is 5.73 Å². The van der Waals surface area contributed by atoms with Gasteiger partial charge in [-0.15, -0.1) is 11.6 Å². The molecule has 0 unspecified atom stereocenters. The lowest BCUT2D eigenvalue weighted by Gasteiger charge is -2.14. The largest absolute Gasteiger partial charge is 0.386 e. The molecule has 0 amide bonds. The van der Waals surface area contributed by atoms with Crippen LogP contribution in [-0.4, -0.2) is 18.3 Å². The fraction of sp³-hybridized carbons (Fsp3) is 0.857. The van der Waals surface area contributed by atoms with Crippen molar-refractivity contribution in [2.24, 2.45) is 16.1 Å². The molecule has 0 fully saturated rings. The lowest BCUT2D eigenvalue weighted by Crippen LogP contribution is -2.18. The van der Waals surface area contributed by atoms with Gasteiger partial charge in [-0.3, -0.25) is 4.99 Å². The summed E-state index contributed by atoms with van der Waals surface area (Å²) in [7, 11) is 0. The Labute approximate surface area is 67.5 Å². The second kappa shape index (κ2) is 3.81. The lowest BCUT2D eigenvalue weighted by atomic mass is 9.97. The molecule has 0 atom stereocenters. The van der Waals surface area contributed by atoms with Gasteiger partial charge in [0.1, 0.15) is 5.84 Å². The number of alkyl halides is 1. The third-order valence-corrected chi connectivity index (χ3v) is 1.17. The molecular weight excluding hydrogens is 148 g/mol. The van der Waals surface area contributed by atoms with Crippen molar-refractivity contribution in [1.82, 2.24) is 0 Å². The molecule has 3 heteroatoms. The first-order valence-corrected chi connectivity index (χ1v) is 3.84. The van der Waals surface area contributed by atoms with E-state index in [0.29, 0.717) is 11.7 Å². The highest BCUT2D eigenvalue weighted by atomic mass is 35.5. The molecule has 0 aliphatic heterocycles. The average Bonchev–Trinajstić information content (AvgIpc) is 1.81. The van der Waals surface area contributed by atoms with E-state index in [2.05, 4.69) is 25.8 Å². The van der Waals surface area contributed by atoms with Gasteiger partial charge >= 0.3 is 0 Å². The molecule has 0 aromatic carbocycles. The summed E-state index contributed by atoms with van der Waals surface area (Å²) in [5, 5.41) is 0. The van der Waals surface area contributed by atoms with Crippen molar-refractivity contribution >= 4 is 17.4 Å². The highest BCUT2D eigenvalue weighted by Gasteiger charge is 2.08.